The molecular weight excluding hydrogens is 390 g/mol. The third-order valence-electron chi connectivity index (χ3n) is 6.13. The van der Waals surface area contributed by atoms with Crippen molar-refractivity contribution in [3.63, 3.8) is 0 Å². The Morgan fingerprint density at radius 3 is 2.55 bits per heavy atom. The largest absolute Gasteiger partial charge is 0.345 e. The van der Waals surface area contributed by atoms with Crippen molar-refractivity contribution in [2.75, 3.05) is 18.4 Å². The second-order valence-corrected chi connectivity index (χ2v) is 8.66. The second-order valence-electron chi connectivity index (χ2n) is 8.66. The van der Waals surface area contributed by atoms with Crippen molar-refractivity contribution in [1.82, 2.24) is 19.7 Å². The highest BCUT2D eigenvalue weighted by molar-refractivity contribution is 5.96. The van der Waals surface area contributed by atoms with E-state index in [9.17, 15) is 9.59 Å². The minimum absolute atomic E-state index is 0.00969. The van der Waals surface area contributed by atoms with E-state index in [2.05, 4.69) is 40.9 Å². The number of nitrogens with zero attached hydrogens (tertiary/aromatic N) is 3. The van der Waals surface area contributed by atoms with Gasteiger partial charge in [0, 0.05) is 37.3 Å². The Morgan fingerprint density at radius 1 is 1.19 bits per heavy atom. The van der Waals surface area contributed by atoms with Crippen LogP contribution in [-0.2, 0) is 17.8 Å². The van der Waals surface area contributed by atoms with Crippen molar-refractivity contribution >= 4 is 17.6 Å². The number of H-pyrrole nitrogens is 1. The Morgan fingerprint density at radius 2 is 1.90 bits per heavy atom. The maximum atomic E-state index is 13.2. The number of carbonyl (C=O) groups is 2. The van der Waals surface area contributed by atoms with Gasteiger partial charge in [-0.2, -0.15) is 5.10 Å². The zero-order chi connectivity index (χ0) is 22.4. The number of nitrogens with one attached hydrogen (secondary N) is 2. The van der Waals surface area contributed by atoms with Crippen LogP contribution in [0.2, 0.25) is 0 Å². The summed E-state index contributed by atoms with van der Waals surface area (Å²) < 4.78 is 2.12. The van der Waals surface area contributed by atoms with Crippen molar-refractivity contribution in [3.8, 4) is 11.4 Å². The van der Waals surface area contributed by atoms with Gasteiger partial charge in [0.2, 0.25) is 5.91 Å². The van der Waals surface area contributed by atoms with Crippen LogP contribution < -0.4 is 5.32 Å². The summed E-state index contributed by atoms with van der Waals surface area (Å²) in [5.74, 6) is 0.698. The summed E-state index contributed by atoms with van der Waals surface area (Å²) in [4.78, 5) is 27.6. The lowest BCUT2D eigenvalue weighted by Crippen LogP contribution is -2.32. The third-order valence-corrected chi connectivity index (χ3v) is 6.13. The van der Waals surface area contributed by atoms with E-state index < -0.39 is 0 Å². The predicted molar refractivity (Wildman–Crippen MR) is 124 cm³/mol. The zero-order valence-electron chi connectivity index (χ0n) is 19.5. The molecule has 0 aromatic carbocycles. The first kappa shape index (κ1) is 23.1. The van der Waals surface area contributed by atoms with Gasteiger partial charge >= 0.3 is 0 Å². The van der Waals surface area contributed by atoms with Crippen LogP contribution in [0.5, 0.6) is 0 Å². The van der Waals surface area contributed by atoms with Gasteiger partial charge in [-0.1, -0.05) is 47.0 Å². The van der Waals surface area contributed by atoms with Gasteiger partial charge < -0.3 is 14.8 Å². The molecule has 1 unspecified atom stereocenters. The summed E-state index contributed by atoms with van der Waals surface area (Å²) in [6.07, 6.45) is 8.77. The molecule has 0 radical (unpaired) electrons. The number of rotatable bonds is 11. The zero-order valence-corrected chi connectivity index (χ0v) is 19.5. The number of amides is 2. The fourth-order valence-electron chi connectivity index (χ4n) is 4.18. The number of aryl methyl sites for hydroxylation is 1. The molecule has 1 aliphatic rings. The van der Waals surface area contributed by atoms with E-state index in [0.29, 0.717) is 5.82 Å². The van der Waals surface area contributed by atoms with E-state index in [0.717, 1.165) is 87.1 Å². The van der Waals surface area contributed by atoms with Crippen molar-refractivity contribution in [3.05, 3.63) is 23.4 Å². The molecule has 0 bridgehead atoms. The van der Waals surface area contributed by atoms with E-state index >= 15 is 0 Å². The number of fused-ring (bicyclic) bond motifs is 3. The molecule has 3 heterocycles. The molecule has 0 aliphatic carbocycles. The summed E-state index contributed by atoms with van der Waals surface area (Å²) in [6.45, 7) is 10.7. The van der Waals surface area contributed by atoms with Crippen LogP contribution in [0, 0.1) is 5.92 Å². The first-order chi connectivity index (χ1) is 15.0. The fraction of sp³-hybridized carbons (Fsp3) is 0.625. The van der Waals surface area contributed by atoms with Crippen molar-refractivity contribution in [2.45, 2.75) is 79.2 Å². The maximum absolute atomic E-state index is 13.2. The smallest absolute Gasteiger partial charge is 0.255 e. The van der Waals surface area contributed by atoms with Gasteiger partial charge in [-0.25, -0.2) is 0 Å². The van der Waals surface area contributed by atoms with Gasteiger partial charge in [0.25, 0.3) is 5.91 Å². The van der Waals surface area contributed by atoms with Crippen LogP contribution in [0.15, 0.2) is 12.3 Å². The quantitative estimate of drug-likeness (QED) is 0.538. The average Bonchev–Trinajstić information content (AvgIpc) is 3.37. The lowest BCUT2D eigenvalue weighted by molar-refractivity contribution is -0.119. The summed E-state index contributed by atoms with van der Waals surface area (Å²) in [5, 5.41) is 10.5. The maximum Gasteiger partial charge on any atom is 0.255 e. The van der Waals surface area contributed by atoms with Crippen LogP contribution in [0.3, 0.4) is 0 Å². The van der Waals surface area contributed by atoms with Crippen molar-refractivity contribution in [2.24, 2.45) is 5.92 Å². The van der Waals surface area contributed by atoms with Crippen LogP contribution >= 0.6 is 0 Å². The first-order valence-corrected chi connectivity index (χ1v) is 11.9. The Hall–Kier alpha value is -2.57. The summed E-state index contributed by atoms with van der Waals surface area (Å²) in [5.41, 5.74) is 3.62. The Balaban J connectivity index is 1.80. The van der Waals surface area contributed by atoms with Crippen LogP contribution in [0.1, 0.15) is 82.1 Å². The second kappa shape index (κ2) is 10.6. The summed E-state index contributed by atoms with van der Waals surface area (Å²) >= 11 is 0. The molecule has 7 heteroatoms. The van der Waals surface area contributed by atoms with Gasteiger partial charge in [-0.05, 0) is 31.7 Å². The van der Waals surface area contributed by atoms with Gasteiger partial charge in [-0.3, -0.25) is 14.7 Å². The number of unbranched alkanes of at least 4 members (excludes halogenated alkanes) is 2. The molecule has 0 fully saturated rings. The number of aromatic nitrogens is 3. The molecule has 1 atom stereocenters. The van der Waals surface area contributed by atoms with E-state index in [-0.39, 0.29) is 17.7 Å². The van der Waals surface area contributed by atoms with Gasteiger partial charge in [-0.15, -0.1) is 0 Å². The standard InChI is InChI=1S/C24H37N5O2/c1-5-8-12-28(13-9-6-2)24(31)18-15-20-21-19(11-14-29(20)16-18)22(27-26-21)25-23(30)17(4)10-7-3/h15-17H,5-14H2,1-4H3,(H2,25,26,27,30). The summed E-state index contributed by atoms with van der Waals surface area (Å²) in [7, 11) is 0. The number of hydrogen-bond acceptors (Lipinski definition) is 3. The first-order valence-electron chi connectivity index (χ1n) is 11.9. The molecule has 3 rings (SSSR count). The predicted octanol–water partition coefficient (Wildman–Crippen LogP) is 4.85. The van der Waals surface area contributed by atoms with Crippen molar-refractivity contribution in [1.29, 1.82) is 0 Å². The Bertz CT molecular complexity index is 890. The number of hydrogen-bond donors (Lipinski definition) is 2. The number of anilines is 1. The van der Waals surface area contributed by atoms with Crippen LogP contribution in [0.4, 0.5) is 5.82 Å². The fourth-order valence-corrected chi connectivity index (χ4v) is 4.18. The molecule has 2 aromatic heterocycles. The van der Waals surface area contributed by atoms with Gasteiger partial charge in [0.1, 0.15) is 0 Å². The molecule has 0 saturated heterocycles. The minimum atomic E-state index is -0.0359. The molecule has 0 spiro atoms. The van der Waals surface area contributed by atoms with Crippen LogP contribution in [-0.4, -0.2) is 44.6 Å². The molecular formula is C24H37N5O2. The lowest BCUT2D eigenvalue weighted by atomic mass is 10.0. The van der Waals surface area contributed by atoms with Crippen LogP contribution in [0.25, 0.3) is 11.4 Å². The molecule has 1 aliphatic heterocycles. The highest BCUT2D eigenvalue weighted by Crippen LogP contribution is 2.34. The summed E-state index contributed by atoms with van der Waals surface area (Å²) in [6, 6.07) is 1.97. The normalized spacial score (nSPS) is 13.4. The van der Waals surface area contributed by atoms with E-state index in [4.69, 9.17) is 0 Å². The highest BCUT2D eigenvalue weighted by atomic mass is 16.2. The van der Waals surface area contributed by atoms with E-state index in [1.165, 1.54) is 0 Å². The van der Waals surface area contributed by atoms with Gasteiger partial charge in [0.15, 0.2) is 5.82 Å². The highest BCUT2D eigenvalue weighted by Gasteiger charge is 2.27. The molecule has 7 nitrogen and oxygen atoms in total. The monoisotopic (exact) mass is 427 g/mol. The number of carbonyl (C=O) groups excluding carboxylic acids is 2. The minimum Gasteiger partial charge on any atom is -0.345 e. The molecule has 2 amide bonds. The SMILES string of the molecule is CCCCN(CCCC)C(=O)c1cc2n(c1)CCc1c(NC(=O)C(C)CCC)n[nH]c1-2. The molecule has 170 valence electrons. The van der Waals surface area contributed by atoms with Crippen molar-refractivity contribution < 1.29 is 9.59 Å². The van der Waals surface area contributed by atoms with Gasteiger partial charge in [0.05, 0.1) is 17.0 Å². The van der Waals surface area contributed by atoms with E-state index in [1.54, 1.807) is 0 Å². The Labute approximate surface area is 185 Å². The molecule has 2 aromatic rings. The topological polar surface area (TPSA) is 83.0 Å². The molecule has 2 N–H and O–H groups in total. The average molecular weight is 428 g/mol. The number of aromatic amines is 1. The third kappa shape index (κ3) is 5.20. The lowest BCUT2D eigenvalue weighted by Gasteiger charge is -2.21. The van der Waals surface area contributed by atoms with E-state index in [1.807, 2.05) is 24.1 Å². The molecule has 0 saturated carbocycles. The molecule has 31 heavy (non-hydrogen) atoms. The Kier molecular flexibility index (Phi) is 7.93.